The number of rotatable bonds is 2. The van der Waals surface area contributed by atoms with E-state index in [1.807, 2.05) is 44.2 Å². The maximum absolute atomic E-state index is 11.5. The Bertz CT molecular complexity index is 381. The molecule has 1 fully saturated rings. The molecule has 0 saturated carbocycles. The van der Waals surface area contributed by atoms with Gasteiger partial charge in [-0.2, -0.15) is 0 Å². The minimum absolute atomic E-state index is 0.104. The average molecular weight is 204 g/mol. The molecular weight excluding hydrogens is 188 g/mol. The van der Waals surface area contributed by atoms with Crippen molar-refractivity contribution in [3.8, 4) is 0 Å². The number of cyclic esters (lactones) is 1. The van der Waals surface area contributed by atoms with Crippen molar-refractivity contribution < 1.29 is 9.53 Å². The predicted molar refractivity (Wildman–Crippen MR) is 58.3 cm³/mol. The van der Waals surface area contributed by atoms with Crippen LogP contribution in [0.15, 0.2) is 30.3 Å². The third-order valence-corrected chi connectivity index (χ3v) is 3.52. The predicted octanol–water partition coefficient (Wildman–Crippen LogP) is 2.87. The Kier molecular flexibility index (Phi) is 2.10. The van der Waals surface area contributed by atoms with Gasteiger partial charge >= 0.3 is 5.97 Å². The lowest BCUT2D eigenvalue weighted by molar-refractivity contribution is -0.242. The summed E-state index contributed by atoms with van der Waals surface area (Å²) >= 11 is 0. The van der Waals surface area contributed by atoms with Crippen molar-refractivity contribution in [2.75, 3.05) is 0 Å². The molecule has 0 amide bonds. The number of hydrogen-bond donors (Lipinski definition) is 0. The zero-order valence-electron chi connectivity index (χ0n) is 9.41. The number of ether oxygens (including phenoxy) is 1. The van der Waals surface area contributed by atoms with Crippen LogP contribution >= 0.6 is 0 Å². The highest BCUT2D eigenvalue weighted by atomic mass is 16.6. The van der Waals surface area contributed by atoms with Gasteiger partial charge in [0, 0.05) is 0 Å². The second-order valence-corrected chi connectivity index (χ2v) is 4.56. The average Bonchev–Trinajstić information content (AvgIpc) is 2.26. The van der Waals surface area contributed by atoms with Crippen LogP contribution in [0.1, 0.15) is 32.8 Å². The van der Waals surface area contributed by atoms with Crippen LogP contribution in [0.25, 0.3) is 0 Å². The SMILES string of the molecule is CCC1(c2ccccc2)OC(=O)C1(C)C. The lowest BCUT2D eigenvalue weighted by Gasteiger charge is -2.53. The molecule has 1 aromatic rings. The Hall–Kier alpha value is -1.31. The first-order valence-electron chi connectivity index (χ1n) is 5.33. The molecule has 0 spiro atoms. The van der Waals surface area contributed by atoms with E-state index in [9.17, 15) is 4.79 Å². The van der Waals surface area contributed by atoms with Gasteiger partial charge in [-0.05, 0) is 25.8 Å². The molecular formula is C13H16O2. The second-order valence-electron chi connectivity index (χ2n) is 4.56. The van der Waals surface area contributed by atoms with Crippen LogP contribution < -0.4 is 0 Å². The lowest BCUT2D eigenvalue weighted by Crippen LogP contribution is -2.61. The van der Waals surface area contributed by atoms with Crippen molar-refractivity contribution >= 4 is 5.97 Å². The number of benzene rings is 1. The summed E-state index contributed by atoms with van der Waals surface area (Å²) in [7, 11) is 0. The third-order valence-electron chi connectivity index (χ3n) is 3.52. The van der Waals surface area contributed by atoms with Crippen LogP contribution in [0.5, 0.6) is 0 Å². The Morgan fingerprint density at radius 2 is 1.80 bits per heavy atom. The maximum Gasteiger partial charge on any atom is 0.316 e. The van der Waals surface area contributed by atoms with E-state index in [1.54, 1.807) is 0 Å². The first-order chi connectivity index (χ1) is 7.04. The molecule has 1 aliphatic rings. The Balaban J connectivity index is 2.46. The van der Waals surface area contributed by atoms with Gasteiger partial charge in [-0.1, -0.05) is 37.3 Å². The fraction of sp³-hybridized carbons (Fsp3) is 0.462. The number of hydrogen-bond acceptors (Lipinski definition) is 2. The maximum atomic E-state index is 11.5. The fourth-order valence-electron chi connectivity index (χ4n) is 2.38. The van der Waals surface area contributed by atoms with Crippen molar-refractivity contribution in [3.63, 3.8) is 0 Å². The topological polar surface area (TPSA) is 26.3 Å². The van der Waals surface area contributed by atoms with Crippen molar-refractivity contribution in [1.29, 1.82) is 0 Å². The molecule has 2 heteroatoms. The molecule has 80 valence electrons. The van der Waals surface area contributed by atoms with Crippen LogP contribution in [-0.2, 0) is 15.1 Å². The minimum atomic E-state index is -0.425. The van der Waals surface area contributed by atoms with Gasteiger partial charge in [-0.25, -0.2) is 0 Å². The molecule has 2 rings (SSSR count). The van der Waals surface area contributed by atoms with Crippen LogP contribution in [0.4, 0.5) is 0 Å². The van der Waals surface area contributed by atoms with E-state index in [-0.39, 0.29) is 5.97 Å². The van der Waals surface area contributed by atoms with E-state index >= 15 is 0 Å². The molecule has 1 aromatic carbocycles. The number of esters is 1. The van der Waals surface area contributed by atoms with Crippen LogP contribution in [0.3, 0.4) is 0 Å². The summed E-state index contributed by atoms with van der Waals surface area (Å²) in [6, 6.07) is 9.99. The molecule has 0 N–H and O–H groups in total. The number of carbonyl (C=O) groups excluding carboxylic acids is 1. The van der Waals surface area contributed by atoms with Crippen LogP contribution in [-0.4, -0.2) is 5.97 Å². The molecule has 0 aromatic heterocycles. The molecule has 0 aliphatic carbocycles. The zero-order valence-corrected chi connectivity index (χ0v) is 9.41. The molecule has 0 bridgehead atoms. The van der Waals surface area contributed by atoms with E-state index in [2.05, 4.69) is 6.92 Å². The highest BCUT2D eigenvalue weighted by Crippen LogP contribution is 2.54. The largest absolute Gasteiger partial charge is 0.452 e. The van der Waals surface area contributed by atoms with Gasteiger partial charge in [-0.15, -0.1) is 0 Å². The monoisotopic (exact) mass is 204 g/mol. The highest BCUT2D eigenvalue weighted by Gasteiger charge is 2.62. The van der Waals surface area contributed by atoms with Crippen molar-refractivity contribution in [2.24, 2.45) is 5.41 Å². The normalized spacial score (nSPS) is 28.1. The van der Waals surface area contributed by atoms with Crippen LogP contribution in [0, 0.1) is 5.41 Å². The standard InChI is InChI=1S/C13H16O2/c1-4-13(10-8-6-5-7-9-10)12(2,3)11(14)15-13/h5-9H,4H2,1-3H3. The Morgan fingerprint density at radius 3 is 2.20 bits per heavy atom. The highest BCUT2D eigenvalue weighted by molar-refractivity contribution is 5.84. The van der Waals surface area contributed by atoms with E-state index in [0.717, 1.165) is 12.0 Å². The van der Waals surface area contributed by atoms with Gasteiger partial charge in [0.05, 0.1) is 0 Å². The fourth-order valence-corrected chi connectivity index (χ4v) is 2.38. The summed E-state index contributed by atoms with van der Waals surface area (Å²) in [5.74, 6) is -0.104. The van der Waals surface area contributed by atoms with E-state index in [0.29, 0.717) is 0 Å². The second kappa shape index (κ2) is 3.09. The molecule has 2 nitrogen and oxygen atoms in total. The summed E-state index contributed by atoms with van der Waals surface area (Å²) in [6.07, 6.45) is 0.815. The summed E-state index contributed by atoms with van der Waals surface area (Å²) in [4.78, 5) is 11.5. The summed E-state index contributed by atoms with van der Waals surface area (Å²) in [5.41, 5.74) is 0.256. The van der Waals surface area contributed by atoms with Crippen LogP contribution in [0.2, 0.25) is 0 Å². The van der Waals surface area contributed by atoms with Gasteiger partial charge < -0.3 is 4.74 Å². The van der Waals surface area contributed by atoms with Gasteiger partial charge in [0.15, 0.2) is 5.60 Å². The zero-order chi connectivity index (χ0) is 11.1. The van der Waals surface area contributed by atoms with Crippen molar-refractivity contribution in [2.45, 2.75) is 32.8 Å². The summed E-state index contributed by atoms with van der Waals surface area (Å²) in [6.45, 7) is 5.96. The molecule has 1 heterocycles. The summed E-state index contributed by atoms with van der Waals surface area (Å²) in [5, 5.41) is 0. The lowest BCUT2D eigenvalue weighted by atomic mass is 9.65. The van der Waals surface area contributed by atoms with Gasteiger partial charge in [-0.3, -0.25) is 4.79 Å². The quantitative estimate of drug-likeness (QED) is 0.692. The van der Waals surface area contributed by atoms with E-state index < -0.39 is 11.0 Å². The van der Waals surface area contributed by atoms with Crippen molar-refractivity contribution in [1.82, 2.24) is 0 Å². The van der Waals surface area contributed by atoms with Gasteiger partial charge in [0.2, 0.25) is 0 Å². The first kappa shape index (κ1) is 10.2. The molecule has 15 heavy (non-hydrogen) atoms. The minimum Gasteiger partial charge on any atom is -0.452 e. The van der Waals surface area contributed by atoms with Crippen molar-refractivity contribution in [3.05, 3.63) is 35.9 Å². The third kappa shape index (κ3) is 1.14. The Morgan fingerprint density at radius 1 is 1.20 bits per heavy atom. The molecule has 1 saturated heterocycles. The smallest absolute Gasteiger partial charge is 0.316 e. The first-order valence-corrected chi connectivity index (χ1v) is 5.33. The molecule has 1 atom stereocenters. The summed E-state index contributed by atoms with van der Waals surface area (Å²) < 4.78 is 5.44. The molecule has 1 unspecified atom stereocenters. The molecule has 1 aliphatic heterocycles. The van der Waals surface area contributed by atoms with Gasteiger partial charge in [0.25, 0.3) is 0 Å². The van der Waals surface area contributed by atoms with E-state index in [4.69, 9.17) is 4.74 Å². The Labute approximate surface area is 90.3 Å². The number of carbonyl (C=O) groups is 1. The van der Waals surface area contributed by atoms with Gasteiger partial charge in [0.1, 0.15) is 5.41 Å². The molecule has 0 radical (unpaired) electrons. The van der Waals surface area contributed by atoms with E-state index in [1.165, 1.54) is 0 Å².